The Labute approximate surface area is 95.9 Å². The Morgan fingerprint density at radius 1 is 1.53 bits per heavy atom. The summed E-state index contributed by atoms with van der Waals surface area (Å²) < 4.78 is 42.3. The van der Waals surface area contributed by atoms with Crippen molar-refractivity contribution in [2.45, 2.75) is 30.5 Å². The highest BCUT2D eigenvalue weighted by atomic mass is 79.9. The van der Waals surface area contributed by atoms with Crippen LogP contribution in [0.4, 0.5) is 13.2 Å². The lowest BCUT2D eigenvalue weighted by molar-refractivity contribution is -0.130. The summed E-state index contributed by atoms with van der Waals surface area (Å²) in [4.78, 5) is 0.347. The van der Waals surface area contributed by atoms with Crippen molar-refractivity contribution >= 4 is 15.9 Å². The van der Waals surface area contributed by atoms with E-state index in [4.69, 9.17) is 4.74 Å². The second kappa shape index (κ2) is 5.50. The number of hydrogen-bond donors (Lipinski definition) is 0. The van der Waals surface area contributed by atoms with Crippen molar-refractivity contribution in [3.8, 4) is 0 Å². The molecule has 6 heteroatoms. The number of halogens is 4. The fourth-order valence-electron chi connectivity index (χ4n) is 1.58. The van der Waals surface area contributed by atoms with Crippen LogP contribution in [0.15, 0.2) is 0 Å². The maximum absolute atomic E-state index is 12.3. The third-order valence-corrected chi connectivity index (χ3v) is 3.12. The van der Waals surface area contributed by atoms with Gasteiger partial charge in [-0.1, -0.05) is 15.9 Å². The van der Waals surface area contributed by atoms with Gasteiger partial charge in [0.1, 0.15) is 4.83 Å². The average Bonchev–Trinajstić information content (AvgIpc) is 2.28. The van der Waals surface area contributed by atoms with Gasteiger partial charge in [0.2, 0.25) is 0 Å². The lowest BCUT2D eigenvalue weighted by atomic mass is 10.3. The van der Waals surface area contributed by atoms with Crippen molar-refractivity contribution in [3.05, 3.63) is 0 Å². The van der Waals surface area contributed by atoms with Crippen molar-refractivity contribution in [2.24, 2.45) is 0 Å². The van der Waals surface area contributed by atoms with Crippen molar-refractivity contribution in [1.82, 2.24) is 4.90 Å². The van der Waals surface area contributed by atoms with Crippen LogP contribution in [0, 0.1) is 0 Å². The monoisotopic (exact) mass is 289 g/mol. The Morgan fingerprint density at radius 3 is 2.80 bits per heavy atom. The molecule has 2 nitrogen and oxygen atoms in total. The molecule has 2 atom stereocenters. The fourth-order valence-corrected chi connectivity index (χ4v) is 1.99. The smallest absolute Gasteiger partial charge is 0.377 e. The second-order valence-electron chi connectivity index (χ2n) is 3.80. The quantitative estimate of drug-likeness (QED) is 0.724. The highest BCUT2D eigenvalue weighted by molar-refractivity contribution is 9.09. The summed E-state index contributed by atoms with van der Waals surface area (Å²) in [6.45, 7) is 3.75. The standard InChI is InChI=1S/C9H15BrF3NO/c1-7-5-14(3-2-4-15-7)6-8(10)9(11,12)13/h7-8H,2-6H2,1H3. The van der Waals surface area contributed by atoms with Crippen molar-refractivity contribution in [3.63, 3.8) is 0 Å². The molecule has 0 amide bonds. The molecule has 1 fully saturated rings. The van der Waals surface area contributed by atoms with Gasteiger partial charge in [0.05, 0.1) is 6.10 Å². The van der Waals surface area contributed by atoms with Gasteiger partial charge in [-0.2, -0.15) is 13.2 Å². The van der Waals surface area contributed by atoms with E-state index in [0.29, 0.717) is 19.7 Å². The summed E-state index contributed by atoms with van der Waals surface area (Å²) in [7, 11) is 0. The maximum atomic E-state index is 12.3. The molecular weight excluding hydrogens is 275 g/mol. The molecule has 0 aromatic heterocycles. The Balaban J connectivity index is 2.42. The highest BCUT2D eigenvalue weighted by Gasteiger charge is 2.38. The van der Waals surface area contributed by atoms with Gasteiger partial charge in [0.25, 0.3) is 0 Å². The molecule has 2 unspecified atom stereocenters. The summed E-state index contributed by atoms with van der Waals surface area (Å²) in [6, 6.07) is 0. The highest BCUT2D eigenvalue weighted by Crippen LogP contribution is 2.27. The minimum Gasteiger partial charge on any atom is -0.377 e. The molecule has 0 aromatic rings. The van der Waals surface area contributed by atoms with Crippen LogP contribution in [0.5, 0.6) is 0 Å². The first-order valence-electron chi connectivity index (χ1n) is 4.94. The molecule has 15 heavy (non-hydrogen) atoms. The van der Waals surface area contributed by atoms with Gasteiger partial charge in [0, 0.05) is 26.2 Å². The van der Waals surface area contributed by atoms with Gasteiger partial charge in [-0.05, 0) is 13.3 Å². The van der Waals surface area contributed by atoms with Gasteiger partial charge in [0.15, 0.2) is 0 Å². The third kappa shape index (κ3) is 4.70. The summed E-state index contributed by atoms with van der Waals surface area (Å²) in [5.41, 5.74) is 0. The Morgan fingerprint density at radius 2 is 2.20 bits per heavy atom. The SMILES string of the molecule is CC1CN(CC(Br)C(F)(F)F)CCCO1. The second-order valence-corrected chi connectivity index (χ2v) is 4.91. The van der Waals surface area contributed by atoms with Crippen LogP contribution in [-0.4, -0.2) is 48.2 Å². The lowest BCUT2D eigenvalue weighted by Gasteiger charge is -2.25. The summed E-state index contributed by atoms with van der Waals surface area (Å²) in [5.74, 6) is 0. The predicted octanol–water partition coefficient (Wildman–Crippen LogP) is 2.42. The van der Waals surface area contributed by atoms with Gasteiger partial charge < -0.3 is 4.74 Å². The van der Waals surface area contributed by atoms with E-state index >= 15 is 0 Å². The van der Waals surface area contributed by atoms with Crippen LogP contribution in [-0.2, 0) is 4.74 Å². The van der Waals surface area contributed by atoms with E-state index in [1.54, 1.807) is 4.90 Å². The van der Waals surface area contributed by atoms with Gasteiger partial charge in [-0.3, -0.25) is 4.90 Å². The fraction of sp³-hybridized carbons (Fsp3) is 1.00. The largest absolute Gasteiger partial charge is 0.402 e. The number of nitrogens with zero attached hydrogens (tertiary/aromatic N) is 1. The van der Waals surface area contributed by atoms with E-state index in [1.807, 2.05) is 6.92 Å². The zero-order valence-electron chi connectivity index (χ0n) is 8.56. The van der Waals surface area contributed by atoms with E-state index in [0.717, 1.165) is 6.42 Å². The molecule has 0 saturated carbocycles. The van der Waals surface area contributed by atoms with E-state index in [9.17, 15) is 13.2 Å². The Hall–Kier alpha value is 0.190. The van der Waals surface area contributed by atoms with Crippen LogP contribution >= 0.6 is 15.9 Å². The zero-order chi connectivity index (χ0) is 11.5. The zero-order valence-corrected chi connectivity index (χ0v) is 10.1. The number of ether oxygens (including phenoxy) is 1. The van der Waals surface area contributed by atoms with Crippen LogP contribution in [0.2, 0.25) is 0 Å². The third-order valence-electron chi connectivity index (χ3n) is 2.31. The molecule has 0 spiro atoms. The lowest BCUT2D eigenvalue weighted by Crippen LogP contribution is -2.40. The molecule has 0 bridgehead atoms. The van der Waals surface area contributed by atoms with Crippen LogP contribution in [0.1, 0.15) is 13.3 Å². The predicted molar refractivity (Wildman–Crippen MR) is 55.2 cm³/mol. The molecule has 0 aliphatic carbocycles. The first-order chi connectivity index (χ1) is 6.89. The van der Waals surface area contributed by atoms with Crippen molar-refractivity contribution < 1.29 is 17.9 Å². The van der Waals surface area contributed by atoms with Crippen LogP contribution < -0.4 is 0 Å². The minimum atomic E-state index is -4.17. The summed E-state index contributed by atoms with van der Waals surface area (Å²) in [6.07, 6.45) is -3.36. The normalized spacial score (nSPS) is 27.4. The Kier molecular flexibility index (Phi) is 4.86. The first kappa shape index (κ1) is 13.3. The topological polar surface area (TPSA) is 12.5 Å². The molecule has 0 radical (unpaired) electrons. The molecule has 1 rings (SSSR count). The molecule has 1 heterocycles. The van der Waals surface area contributed by atoms with Crippen molar-refractivity contribution in [2.75, 3.05) is 26.2 Å². The number of rotatable bonds is 2. The van der Waals surface area contributed by atoms with Gasteiger partial charge in [-0.25, -0.2) is 0 Å². The van der Waals surface area contributed by atoms with Crippen LogP contribution in [0.25, 0.3) is 0 Å². The van der Waals surface area contributed by atoms with E-state index in [2.05, 4.69) is 15.9 Å². The van der Waals surface area contributed by atoms with E-state index in [-0.39, 0.29) is 12.6 Å². The average molecular weight is 290 g/mol. The first-order valence-corrected chi connectivity index (χ1v) is 5.86. The molecular formula is C9H15BrF3NO. The van der Waals surface area contributed by atoms with Gasteiger partial charge >= 0.3 is 6.18 Å². The van der Waals surface area contributed by atoms with E-state index in [1.165, 1.54) is 0 Å². The summed E-state index contributed by atoms with van der Waals surface area (Å²) >= 11 is 2.67. The summed E-state index contributed by atoms with van der Waals surface area (Å²) in [5, 5.41) is 0. The number of hydrogen-bond acceptors (Lipinski definition) is 2. The number of alkyl halides is 4. The molecule has 1 aliphatic heterocycles. The molecule has 1 aliphatic rings. The molecule has 0 N–H and O–H groups in total. The van der Waals surface area contributed by atoms with Crippen LogP contribution in [0.3, 0.4) is 0 Å². The van der Waals surface area contributed by atoms with E-state index < -0.39 is 11.0 Å². The minimum absolute atomic E-state index is 0.00278. The van der Waals surface area contributed by atoms with Crippen molar-refractivity contribution in [1.29, 1.82) is 0 Å². The van der Waals surface area contributed by atoms with Gasteiger partial charge in [-0.15, -0.1) is 0 Å². The Bertz CT molecular complexity index is 200. The molecule has 90 valence electrons. The molecule has 0 aromatic carbocycles. The maximum Gasteiger partial charge on any atom is 0.402 e. The molecule has 1 saturated heterocycles.